The molecule has 0 aliphatic rings. The van der Waals surface area contributed by atoms with E-state index in [0.717, 1.165) is 11.0 Å². The van der Waals surface area contributed by atoms with E-state index in [0.29, 0.717) is 18.3 Å². The fourth-order valence-corrected chi connectivity index (χ4v) is 1.97. The Bertz CT molecular complexity index is 387. The van der Waals surface area contributed by atoms with Gasteiger partial charge >= 0.3 is 0 Å². The summed E-state index contributed by atoms with van der Waals surface area (Å²) in [5.41, 5.74) is 0.670. The van der Waals surface area contributed by atoms with Gasteiger partial charge in [-0.15, -0.1) is 0 Å². The van der Waals surface area contributed by atoms with Gasteiger partial charge in [-0.3, -0.25) is 4.79 Å². The van der Waals surface area contributed by atoms with E-state index in [-0.39, 0.29) is 5.91 Å². The van der Waals surface area contributed by atoms with Crippen molar-refractivity contribution in [3.05, 3.63) is 22.4 Å². The van der Waals surface area contributed by atoms with E-state index in [2.05, 4.69) is 47.0 Å². The van der Waals surface area contributed by atoms with Gasteiger partial charge in [-0.2, -0.15) is 0 Å². The number of halogens is 1. The lowest BCUT2D eigenvalue weighted by Crippen LogP contribution is -2.36. The highest BCUT2D eigenvalue weighted by atomic mass is 79.9. The minimum absolute atomic E-state index is 0.0321. The number of hydrogen-bond donors (Lipinski definition) is 1. The standard InChI is InChI=1S/C12H20BrN3O/c1-9(2)15(3)6-5-14-12(17)11-7-10(13)8-16(11)4/h7-9H,5-6H2,1-4H3,(H,14,17). The Kier molecular flexibility index (Phi) is 5.21. The maximum absolute atomic E-state index is 11.9. The maximum Gasteiger partial charge on any atom is 0.267 e. The summed E-state index contributed by atoms with van der Waals surface area (Å²) in [6.07, 6.45) is 1.87. The lowest BCUT2D eigenvalue weighted by molar-refractivity contribution is 0.0940. The third-order valence-electron chi connectivity index (χ3n) is 2.84. The molecule has 0 spiro atoms. The van der Waals surface area contributed by atoms with Crippen LogP contribution in [0.25, 0.3) is 0 Å². The molecule has 4 nitrogen and oxygen atoms in total. The highest BCUT2D eigenvalue weighted by Gasteiger charge is 2.10. The zero-order valence-corrected chi connectivity index (χ0v) is 12.4. The monoisotopic (exact) mass is 301 g/mol. The van der Waals surface area contributed by atoms with Crippen LogP contribution in [0.3, 0.4) is 0 Å². The molecule has 0 bridgehead atoms. The van der Waals surface area contributed by atoms with Crippen LogP contribution in [0.1, 0.15) is 24.3 Å². The van der Waals surface area contributed by atoms with Crippen molar-refractivity contribution in [1.82, 2.24) is 14.8 Å². The molecule has 1 heterocycles. The molecular formula is C12H20BrN3O. The molecule has 0 aliphatic carbocycles. The molecule has 0 radical (unpaired) electrons. The van der Waals surface area contributed by atoms with Gasteiger partial charge in [-0.1, -0.05) is 0 Å². The number of hydrogen-bond acceptors (Lipinski definition) is 2. The van der Waals surface area contributed by atoms with Crippen molar-refractivity contribution < 1.29 is 4.79 Å². The minimum atomic E-state index is -0.0321. The van der Waals surface area contributed by atoms with Gasteiger partial charge in [0.05, 0.1) is 0 Å². The summed E-state index contributed by atoms with van der Waals surface area (Å²) in [6, 6.07) is 2.32. The Morgan fingerprint density at radius 1 is 1.59 bits per heavy atom. The Balaban J connectivity index is 2.43. The largest absolute Gasteiger partial charge is 0.349 e. The van der Waals surface area contributed by atoms with Gasteiger partial charge in [0.1, 0.15) is 5.69 Å². The normalized spacial score (nSPS) is 11.2. The molecule has 1 aromatic rings. The fourth-order valence-electron chi connectivity index (χ4n) is 1.44. The van der Waals surface area contributed by atoms with Crippen LogP contribution in [-0.2, 0) is 7.05 Å². The predicted molar refractivity (Wildman–Crippen MR) is 73.2 cm³/mol. The topological polar surface area (TPSA) is 37.3 Å². The van der Waals surface area contributed by atoms with Crippen molar-refractivity contribution in [3.8, 4) is 0 Å². The molecule has 96 valence electrons. The highest BCUT2D eigenvalue weighted by Crippen LogP contribution is 2.13. The van der Waals surface area contributed by atoms with Crippen LogP contribution in [0.5, 0.6) is 0 Å². The molecule has 1 rings (SSSR count). The molecule has 0 fully saturated rings. The van der Waals surface area contributed by atoms with Gasteiger partial charge in [0, 0.05) is 36.8 Å². The minimum Gasteiger partial charge on any atom is -0.349 e. The van der Waals surface area contributed by atoms with Crippen molar-refractivity contribution in [2.75, 3.05) is 20.1 Å². The van der Waals surface area contributed by atoms with Crippen LogP contribution in [0, 0.1) is 0 Å². The van der Waals surface area contributed by atoms with Crippen LogP contribution < -0.4 is 5.32 Å². The molecular weight excluding hydrogens is 282 g/mol. The molecule has 1 amide bonds. The summed E-state index contributed by atoms with van der Waals surface area (Å²) < 4.78 is 2.73. The van der Waals surface area contributed by atoms with E-state index in [9.17, 15) is 4.79 Å². The lowest BCUT2D eigenvalue weighted by atomic mass is 10.3. The zero-order chi connectivity index (χ0) is 13.0. The molecule has 1 aromatic heterocycles. The molecule has 0 saturated carbocycles. The number of amides is 1. The van der Waals surface area contributed by atoms with Crippen molar-refractivity contribution in [2.45, 2.75) is 19.9 Å². The van der Waals surface area contributed by atoms with Crippen LogP contribution in [-0.4, -0.2) is 41.6 Å². The number of rotatable bonds is 5. The van der Waals surface area contributed by atoms with Crippen LogP contribution >= 0.6 is 15.9 Å². The van der Waals surface area contributed by atoms with E-state index < -0.39 is 0 Å². The average molecular weight is 302 g/mol. The van der Waals surface area contributed by atoms with E-state index in [1.165, 1.54) is 0 Å². The van der Waals surface area contributed by atoms with Crippen molar-refractivity contribution >= 4 is 21.8 Å². The second-order valence-electron chi connectivity index (χ2n) is 4.48. The van der Waals surface area contributed by atoms with E-state index in [1.807, 2.05) is 23.9 Å². The van der Waals surface area contributed by atoms with Gasteiger partial charge in [0.15, 0.2) is 0 Å². The molecule has 0 saturated heterocycles. The summed E-state index contributed by atoms with van der Waals surface area (Å²) in [7, 11) is 3.91. The Hall–Kier alpha value is -0.810. The molecule has 0 unspecified atom stereocenters. The summed E-state index contributed by atoms with van der Waals surface area (Å²) in [5, 5.41) is 2.92. The molecule has 5 heteroatoms. The van der Waals surface area contributed by atoms with Crippen molar-refractivity contribution in [3.63, 3.8) is 0 Å². The number of aromatic nitrogens is 1. The van der Waals surface area contributed by atoms with E-state index in [1.54, 1.807) is 0 Å². The first-order valence-corrected chi connectivity index (χ1v) is 6.51. The van der Waals surface area contributed by atoms with E-state index >= 15 is 0 Å². The average Bonchev–Trinajstić information content (AvgIpc) is 2.57. The first-order chi connectivity index (χ1) is 7.91. The SMILES string of the molecule is CC(C)N(C)CCNC(=O)c1cc(Br)cn1C. The number of carbonyl (C=O) groups is 1. The molecule has 1 N–H and O–H groups in total. The van der Waals surface area contributed by atoms with Gasteiger partial charge in [0.2, 0.25) is 0 Å². The summed E-state index contributed by atoms with van der Waals surface area (Å²) in [5.74, 6) is -0.0321. The number of carbonyl (C=O) groups excluding carboxylic acids is 1. The predicted octanol–water partition coefficient (Wildman–Crippen LogP) is 1.86. The third-order valence-corrected chi connectivity index (χ3v) is 3.27. The van der Waals surface area contributed by atoms with Crippen molar-refractivity contribution in [2.24, 2.45) is 7.05 Å². The molecule has 17 heavy (non-hydrogen) atoms. The number of nitrogens with one attached hydrogen (secondary N) is 1. The zero-order valence-electron chi connectivity index (χ0n) is 10.8. The first-order valence-electron chi connectivity index (χ1n) is 5.72. The maximum atomic E-state index is 11.9. The first kappa shape index (κ1) is 14.3. The second-order valence-corrected chi connectivity index (χ2v) is 5.40. The van der Waals surface area contributed by atoms with Crippen LogP contribution in [0.2, 0.25) is 0 Å². The fraction of sp³-hybridized carbons (Fsp3) is 0.583. The smallest absolute Gasteiger partial charge is 0.267 e. The van der Waals surface area contributed by atoms with Gasteiger partial charge in [-0.05, 0) is 42.9 Å². The third kappa shape index (κ3) is 4.16. The molecule has 0 atom stereocenters. The molecule has 0 aromatic carbocycles. The molecule has 0 aliphatic heterocycles. The van der Waals surface area contributed by atoms with Crippen molar-refractivity contribution in [1.29, 1.82) is 0 Å². The van der Waals surface area contributed by atoms with Gasteiger partial charge in [0.25, 0.3) is 5.91 Å². The second kappa shape index (κ2) is 6.21. The lowest BCUT2D eigenvalue weighted by Gasteiger charge is -2.20. The van der Waals surface area contributed by atoms with Crippen LogP contribution in [0.15, 0.2) is 16.7 Å². The Morgan fingerprint density at radius 3 is 2.71 bits per heavy atom. The van der Waals surface area contributed by atoms with E-state index in [4.69, 9.17) is 0 Å². The number of likely N-dealkylation sites (N-methyl/N-ethyl adjacent to an activating group) is 1. The summed E-state index contributed by atoms with van der Waals surface area (Å²) in [4.78, 5) is 14.1. The Morgan fingerprint density at radius 2 is 2.24 bits per heavy atom. The van der Waals surface area contributed by atoms with Gasteiger partial charge < -0.3 is 14.8 Å². The quantitative estimate of drug-likeness (QED) is 0.901. The van der Waals surface area contributed by atoms with Gasteiger partial charge in [-0.25, -0.2) is 0 Å². The van der Waals surface area contributed by atoms with Crippen LogP contribution in [0.4, 0.5) is 0 Å². The Labute approximate surface area is 111 Å². The summed E-state index contributed by atoms with van der Waals surface area (Å²) >= 11 is 3.35. The number of aryl methyl sites for hydroxylation is 1. The summed E-state index contributed by atoms with van der Waals surface area (Å²) in [6.45, 7) is 5.79. The number of nitrogens with zero attached hydrogens (tertiary/aromatic N) is 2. The highest BCUT2D eigenvalue weighted by molar-refractivity contribution is 9.10.